The molecule has 0 fully saturated rings. The lowest BCUT2D eigenvalue weighted by atomic mass is 10.3. The second-order valence-electron chi connectivity index (χ2n) is 3.41. The van der Waals surface area contributed by atoms with E-state index in [1.165, 1.54) is 11.8 Å². The molecule has 0 radical (unpaired) electrons. The van der Waals surface area contributed by atoms with Crippen molar-refractivity contribution in [3.63, 3.8) is 0 Å². The first-order valence-electron chi connectivity index (χ1n) is 5.08. The number of para-hydroxylation sites is 1. The molecular weight excluding hydrogens is 252 g/mol. The standard InChI is InChI=1S/C12H12N2OS2/c1-9(16)8-11-14(13-12(15-2)17-11)10-6-4-3-5-7-10/h3-8H,1-2H3/b11-8-. The van der Waals surface area contributed by atoms with E-state index in [-0.39, 0.29) is 0 Å². The number of allylic oxidation sites excluding steroid dienone is 1. The molecule has 0 spiro atoms. The monoisotopic (exact) mass is 264 g/mol. The van der Waals surface area contributed by atoms with E-state index < -0.39 is 0 Å². The number of thiocarbonyl (C=S) groups is 1. The summed E-state index contributed by atoms with van der Waals surface area (Å²) in [6.45, 7) is 1.89. The van der Waals surface area contributed by atoms with Crippen LogP contribution in [0.3, 0.4) is 0 Å². The van der Waals surface area contributed by atoms with Crippen LogP contribution in [0.1, 0.15) is 6.92 Å². The second kappa shape index (κ2) is 5.33. The van der Waals surface area contributed by atoms with Gasteiger partial charge >= 0.3 is 0 Å². The molecule has 17 heavy (non-hydrogen) atoms. The third kappa shape index (κ3) is 2.87. The molecule has 1 aromatic rings. The highest BCUT2D eigenvalue weighted by atomic mass is 32.2. The molecular formula is C12H12N2OS2. The molecule has 2 rings (SSSR count). The number of rotatable bonds is 2. The van der Waals surface area contributed by atoms with E-state index in [9.17, 15) is 0 Å². The minimum atomic E-state index is 0.622. The van der Waals surface area contributed by atoms with Gasteiger partial charge < -0.3 is 4.74 Å². The molecule has 1 aliphatic rings. The summed E-state index contributed by atoms with van der Waals surface area (Å²) < 4.78 is 5.16. The first-order valence-corrected chi connectivity index (χ1v) is 6.31. The Labute approximate surface area is 110 Å². The molecule has 3 nitrogen and oxygen atoms in total. The molecule has 0 bridgehead atoms. The fourth-order valence-electron chi connectivity index (χ4n) is 1.39. The predicted octanol–water partition coefficient (Wildman–Crippen LogP) is 3.39. The minimum Gasteiger partial charge on any atom is -0.475 e. The number of hydrogen-bond donors (Lipinski definition) is 0. The van der Waals surface area contributed by atoms with E-state index in [4.69, 9.17) is 17.0 Å². The first-order chi connectivity index (χ1) is 8.20. The van der Waals surface area contributed by atoms with Crippen LogP contribution >= 0.6 is 24.0 Å². The maximum absolute atomic E-state index is 5.16. The van der Waals surface area contributed by atoms with E-state index in [1.807, 2.05) is 48.3 Å². The SMILES string of the molecule is COC1=NN(c2ccccc2)/C(=C/C(C)=S)S1. The van der Waals surface area contributed by atoms with E-state index in [1.54, 1.807) is 7.11 Å². The molecule has 1 aromatic carbocycles. The summed E-state index contributed by atoms with van der Waals surface area (Å²) in [7, 11) is 1.61. The van der Waals surface area contributed by atoms with Gasteiger partial charge in [-0.1, -0.05) is 30.4 Å². The number of anilines is 1. The van der Waals surface area contributed by atoms with Gasteiger partial charge in [-0.2, -0.15) is 0 Å². The van der Waals surface area contributed by atoms with Gasteiger partial charge in [-0.3, -0.25) is 0 Å². The third-order valence-corrected chi connectivity index (χ3v) is 3.13. The van der Waals surface area contributed by atoms with E-state index >= 15 is 0 Å². The Balaban J connectivity index is 2.35. The molecule has 0 unspecified atom stereocenters. The van der Waals surface area contributed by atoms with E-state index in [0.29, 0.717) is 5.23 Å². The lowest BCUT2D eigenvalue weighted by molar-refractivity contribution is 0.415. The highest BCUT2D eigenvalue weighted by Crippen LogP contribution is 2.34. The van der Waals surface area contributed by atoms with Gasteiger partial charge in [-0.15, -0.1) is 5.10 Å². The summed E-state index contributed by atoms with van der Waals surface area (Å²) in [5, 5.41) is 7.79. The van der Waals surface area contributed by atoms with Crippen molar-refractivity contribution in [1.29, 1.82) is 0 Å². The summed E-state index contributed by atoms with van der Waals surface area (Å²) >= 11 is 6.57. The van der Waals surface area contributed by atoms with E-state index in [0.717, 1.165) is 15.6 Å². The number of hydrazone groups is 1. The quantitative estimate of drug-likeness (QED) is 0.604. The van der Waals surface area contributed by atoms with Crippen molar-refractivity contribution < 1.29 is 4.74 Å². The summed E-state index contributed by atoms with van der Waals surface area (Å²) in [6, 6.07) is 9.91. The zero-order valence-electron chi connectivity index (χ0n) is 9.58. The second-order valence-corrected chi connectivity index (χ2v) is 5.03. The lowest BCUT2D eigenvalue weighted by Crippen LogP contribution is -2.09. The topological polar surface area (TPSA) is 24.8 Å². The van der Waals surface area contributed by atoms with Crippen molar-refractivity contribution in [2.75, 3.05) is 12.1 Å². The van der Waals surface area contributed by atoms with Gasteiger partial charge in [0.05, 0.1) is 12.8 Å². The Morgan fingerprint density at radius 2 is 2.12 bits per heavy atom. The highest BCUT2D eigenvalue weighted by molar-refractivity contribution is 8.17. The highest BCUT2D eigenvalue weighted by Gasteiger charge is 2.23. The van der Waals surface area contributed by atoms with Crippen LogP contribution in [-0.2, 0) is 4.74 Å². The van der Waals surface area contributed by atoms with Crippen molar-refractivity contribution in [2.45, 2.75) is 6.92 Å². The van der Waals surface area contributed by atoms with Gasteiger partial charge in [0.1, 0.15) is 5.03 Å². The molecule has 0 N–H and O–H groups in total. The molecule has 0 aromatic heterocycles. The Morgan fingerprint density at radius 1 is 1.41 bits per heavy atom. The Morgan fingerprint density at radius 3 is 2.71 bits per heavy atom. The summed E-state index contributed by atoms with van der Waals surface area (Å²) in [5.74, 6) is 0. The molecule has 0 atom stereocenters. The van der Waals surface area contributed by atoms with Gasteiger partial charge in [-0.25, -0.2) is 5.01 Å². The molecule has 0 saturated carbocycles. The number of methoxy groups -OCH3 is 1. The van der Waals surface area contributed by atoms with Crippen LogP contribution in [0.5, 0.6) is 0 Å². The van der Waals surface area contributed by atoms with Crippen molar-refractivity contribution in [1.82, 2.24) is 0 Å². The van der Waals surface area contributed by atoms with Crippen LogP contribution in [0.25, 0.3) is 0 Å². The van der Waals surface area contributed by atoms with Gasteiger partial charge in [0.25, 0.3) is 5.23 Å². The molecule has 0 aliphatic carbocycles. The van der Waals surface area contributed by atoms with Gasteiger partial charge in [-0.05, 0) is 36.9 Å². The third-order valence-electron chi connectivity index (χ3n) is 2.08. The van der Waals surface area contributed by atoms with Crippen LogP contribution in [0.4, 0.5) is 5.69 Å². The van der Waals surface area contributed by atoms with Crippen molar-refractivity contribution in [2.24, 2.45) is 5.10 Å². The van der Waals surface area contributed by atoms with Crippen LogP contribution in [-0.4, -0.2) is 17.2 Å². The predicted molar refractivity (Wildman–Crippen MR) is 77.3 cm³/mol. The van der Waals surface area contributed by atoms with Crippen LogP contribution in [0, 0.1) is 0 Å². The normalized spacial score (nSPS) is 17.2. The number of thioether (sulfide) groups is 1. The van der Waals surface area contributed by atoms with Crippen LogP contribution in [0.2, 0.25) is 0 Å². The summed E-state index contributed by atoms with van der Waals surface area (Å²) in [4.78, 5) is 0.820. The zero-order chi connectivity index (χ0) is 12.3. The Kier molecular flexibility index (Phi) is 3.81. The maximum atomic E-state index is 5.16. The average molecular weight is 264 g/mol. The maximum Gasteiger partial charge on any atom is 0.274 e. The van der Waals surface area contributed by atoms with Crippen LogP contribution < -0.4 is 5.01 Å². The van der Waals surface area contributed by atoms with E-state index in [2.05, 4.69) is 5.10 Å². The average Bonchev–Trinajstić information content (AvgIpc) is 2.72. The number of ether oxygens (including phenoxy) is 1. The largest absolute Gasteiger partial charge is 0.475 e. The Hall–Kier alpha value is -1.33. The van der Waals surface area contributed by atoms with Gasteiger partial charge in [0.2, 0.25) is 0 Å². The fourth-order valence-corrected chi connectivity index (χ4v) is 2.42. The lowest BCUT2D eigenvalue weighted by Gasteiger charge is -2.14. The number of hydrogen-bond acceptors (Lipinski definition) is 5. The molecule has 88 valence electrons. The van der Waals surface area contributed by atoms with Crippen molar-refractivity contribution >= 4 is 39.8 Å². The molecule has 0 amide bonds. The van der Waals surface area contributed by atoms with Crippen molar-refractivity contribution in [3.05, 3.63) is 41.4 Å². The first kappa shape index (κ1) is 12.1. The number of benzene rings is 1. The summed E-state index contributed by atoms with van der Waals surface area (Å²) in [5.41, 5.74) is 0.995. The minimum absolute atomic E-state index is 0.622. The summed E-state index contributed by atoms with van der Waals surface area (Å²) in [6.07, 6.45) is 1.92. The van der Waals surface area contributed by atoms with Gasteiger partial charge in [0.15, 0.2) is 0 Å². The van der Waals surface area contributed by atoms with Gasteiger partial charge in [0, 0.05) is 4.86 Å². The molecule has 0 saturated heterocycles. The molecule has 5 heteroatoms. The smallest absolute Gasteiger partial charge is 0.274 e. The molecule has 1 aliphatic heterocycles. The van der Waals surface area contributed by atoms with Crippen LogP contribution in [0.15, 0.2) is 46.5 Å². The molecule has 1 heterocycles. The fraction of sp³-hybridized carbons (Fsp3) is 0.167. The number of nitrogens with zero attached hydrogens (tertiary/aromatic N) is 2. The van der Waals surface area contributed by atoms with Crippen molar-refractivity contribution in [3.8, 4) is 0 Å². The Bertz CT molecular complexity index is 483. The zero-order valence-corrected chi connectivity index (χ0v) is 11.2.